The minimum Gasteiger partial charge on any atom is -0.472 e. The maximum absolute atomic E-state index is 10.3. The van der Waals surface area contributed by atoms with Gasteiger partial charge in [-0.2, -0.15) is 0 Å². The summed E-state index contributed by atoms with van der Waals surface area (Å²) in [6.07, 6.45) is 7.37. The van der Waals surface area contributed by atoms with E-state index >= 15 is 0 Å². The molecule has 2 atom stereocenters. The van der Waals surface area contributed by atoms with E-state index in [0.717, 1.165) is 24.8 Å². The lowest BCUT2D eigenvalue weighted by atomic mass is 9.93. The molecule has 0 saturated heterocycles. The van der Waals surface area contributed by atoms with Crippen molar-refractivity contribution in [2.45, 2.75) is 38.2 Å². The van der Waals surface area contributed by atoms with Crippen LogP contribution in [0, 0.1) is 5.92 Å². The molecule has 0 radical (unpaired) electrons. The van der Waals surface area contributed by atoms with Crippen LogP contribution in [0.2, 0.25) is 0 Å². The summed E-state index contributed by atoms with van der Waals surface area (Å²) in [4.78, 5) is 0. The Morgan fingerprint density at radius 2 is 2.54 bits per heavy atom. The highest BCUT2D eigenvalue weighted by atomic mass is 16.3. The molecule has 0 aromatic carbocycles. The summed E-state index contributed by atoms with van der Waals surface area (Å²) in [6.45, 7) is 2.19. The predicted octanol–water partition coefficient (Wildman–Crippen LogP) is 2.68. The fourth-order valence-corrected chi connectivity index (χ4v) is 2.26. The van der Waals surface area contributed by atoms with Gasteiger partial charge >= 0.3 is 0 Å². The van der Waals surface area contributed by atoms with Crippen LogP contribution in [0.4, 0.5) is 0 Å². The van der Waals surface area contributed by atoms with Crippen LogP contribution in [0.25, 0.3) is 0 Å². The molecule has 2 nitrogen and oxygen atoms in total. The van der Waals surface area contributed by atoms with Crippen LogP contribution in [0.15, 0.2) is 23.0 Å². The lowest BCUT2D eigenvalue weighted by Crippen LogP contribution is -2.20. The van der Waals surface area contributed by atoms with Gasteiger partial charge in [-0.3, -0.25) is 0 Å². The standard InChI is InChI=1S/C11H16O2/c1-2-9-3-5-11(12,7-9)10-4-6-13-8-10/h4,6,8-9,12H,2-3,5,7H2,1H3. The van der Waals surface area contributed by atoms with Crippen molar-refractivity contribution in [1.29, 1.82) is 0 Å². The van der Waals surface area contributed by atoms with E-state index in [9.17, 15) is 5.11 Å². The predicted molar refractivity (Wildman–Crippen MR) is 50.2 cm³/mol. The Morgan fingerprint density at radius 1 is 1.69 bits per heavy atom. The Kier molecular flexibility index (Phi) is 2.16. The van der Waals surface area contributed by atoms with Gasteiger partial charge in [0.15, 0.2) is 0 Å². The molecule has 1 aliphatic rings. The molecule has 0 amide bonds. The molecule has 1 N–H and O–H groups in total. The molecule has 2 unspecified atom stereocenters. The van der Waals surface area contributed by atoms with Crippen LogP contribution >= 0.6 is 0 Å². The lowest BCUT2D eigenvalue weighted by Gasteiger charge is -2.20. The third kappa shape index (κ3) is 1.51. The zero-order valence-corrected chi connectivity index (χ0v) is 7.99. The van der Waals surface area contributed by atoms with Gasteiger partial charge in [0.1, 0.15) is 0 Å². The maximum Gasteiger partial charge on any atom is 0.0963 e. The highest BCUT2D eigenvalue weighted by molar-refractivity contribution is 5.18. The third-order valence-electron chi connectivity index (χ3n) is 3.23. The largest absolute Gasteiger partial charge is 0.472 e. The van der Waals surface area contributed by atoms with E-state index in [1.54, 1.807) is 12.5 Å². The summed E-state index contributed by atoms with van der Waals surface area (Å²) in [6, 6.07) is 1.87. The number of hydrogen-bond acceptors (Lipinski definition) is 2. The number of furan rings is 1. The van der Waals surface area contributed by atoms with Gasteiger partial charge in [0.25, 0.3) is 0 Å². The topological polar surface area (TPSA) is 33.4 Å². The first-order valence-corrected chi connectivity index (χ1v) is 4.99. The van der Waals surface area contributed by atoms with Crippen LogP contribution in [-0.2, 0) is 5.60 Å². The second kappa shape index (κ2) is 3.18. The van der Waals surface area contributed by atoms with Gasteiger partial charge in [-0.15, -0.1) is 0 Å². The fraction of sp³-hybridized carbons (Fsp3) is 0.636. The Labute approximate surface area is 78.6 Å². The Bertz CT molecular complexity index is 266. The van der Waals surface area contributed by atoms with Crippen LogP contribution in [-0.4, -0.2) is 5.11 Å². The monoisotopic (exact) mass is 180 g/mol. The summed E-state index contributed by atoms with van der Waals surface area (Å²) < 4.78 is 5.00. The van der Waals surface area contributed by atoms with E-state index in [1.165, 1.54) is 6.42 Å². The maximum atomic E-state index is 10.3. The molecule has 1 aromatic heterocycles. The van der Waals surface area contributed by atoms with Gasteiger partial charge in [0.05, 0.1) is 18.1 Å². The highest BCUT2D eigenvalue weighted by Crippen LogP contribution is 2.43. The van der Waals surface area contributed by atoms with E-state index < -0.39 is 5.60 Å². The number of hydrogen-bond donors (Lipinski definition) is 1. The molecule has 1 heterocycles. The SMILES string of the molecule is CCC1CCC(O)(c2ccoc2)C1. The molecule has 0 aliphatic heterocycles. The van der Waals surface area contributed by atoms with Crippen LogP contribution in [0.1, 0.15) is 38.2 Å². The molecule has 2 rings (SSSR count). The van der Waals surface area contributed by atoms with Gasteiger partial charge < -0.3 is 9.52 Å². The first-order valence-electron chi connectivity index (χ1n) is 4.99. The molecule has 72 valence electrons. The smallest absolute Gasteiger partial charge is 0.0963 e. The van der Waals surface area contributed by atoms with Crippen molar-refractivity contribution >= 4 is 0 Å². The molecule has 1 fully saturated rings. The minimum atomic E-state index is -0.603. The quantitative estimate of drug-likeness (QED) is 0.759. The van der Waals surface area contributed by atoms with Crippen molar-refractivity contribution in [3.05, 3.63) is 24.2 Å². The Morgan fingerprint density at radius 3 is 3.08 bits per heavy atom. The Balaban J connectivity index is 2.15. The third-order valence-corrected chi connectivity index (χ3v) is 3.23. The average molecular weight is 180 g/mol. The first-order chi connectivity index (χ1) is 6.24. The Hall–Kier alpha value is -0.760. The van der Waals surface area contributed by atoms with Gasteiger partial charge in [-0.25, -0.2) is 0 Å². The fourth-order valence-electron chi connectivity index (χ4n) is 2.26. The molecule has 1 aliphatic carbocycles. The number of aliphatic hydroxyl groups is 1. The highest BCUT2D eigenvalue weighted by Gasteiger charge is 2.38. The van der Waals surface area contributed by atoms with Crippen molar-refractivity contribution in [3.8, 4) is 0 Å². The summed E-state index contributed by atoms with van der Waals surface area (Å²) in [5.74, 6) is 0.680. The van der Waals surface area contributed by atoms with Crippen molar-refractivity contribution in [3.63, 3.8) is 0 Å². The molecule has 0 spiro atoms. The molecule has 1 aromatic rings. The molecular formula is C11H16O2. The molecule has 13 heavy (non-hydrogen) atoms. The van der Waals surface area contributed by atoms with Gasteiger partial charge in [-0.05, 0) is 31.2 Å². The van der Waals surface area contributed by atoms with Gasteiger partial charge in [-0.1, -0.05) is 13.3 Å². The second-order valence-electron chi connectivity index (χ2n) is 4.06. The summed E-state index contributed by atoms with van der Waals surface area (Å²) in [5, 5.41) is 10.3. The zero-order chi connectivity index (χ0) is 9.31. The average Bonchev–Trinajstić information content (AvgIpc) is 2.72. The number of rotatable bonds is 2. The van der Waals surface area contributed by atoms with E-state index in [1.807, 2.05) is 6.07 Å². The van der Waals surface area contributed by atoms with E-state index in [0.29, 0.717) is 5.92 Å². The van der Waals surface area contributed by atoms with E-state index in [2.05, 4.69) is 6.92 Å². The zero-order valence-electron chi connectivity index (χ0n) is 7.99. The second-order valence-corrected chi connectivity index (χ2v) is 4.06. The lowest BCUT2D eigenvalue weighted by molar-refractivity contribution is 0.0392. The van der Waals surface area contributed by atoms with Crippen LogP contribution in [0.3, 0.4) is 0 Å². The van der Waals surface area contributed by atoms with Crippen molar-refractivity contribution in [2.24, 2.45) is 5.92 Å². The van der Waals surface area contributed by atoms with Gasteiger partial charge in [0.2, 0.25) is 0 Å². The van der Waals surface area contributed by atoms with Crippen molar-refractivity contribution < 1.29 is 9.52 Å². The first kappa shape index (κ1) is 8.82. The molecular weight excluding hydrogens is 164 g/mol. The van der Waals surface area contributed by atoms with Crippen LogP contribution in [0.5, 0.6) is 0 Å². The molecule has 2 heteroatoms. The summed E-state index contributed by atoms with van der Waals surface area (Å²) in [7, 11) is 0. The van der Waals surface area contributed by atoms with Crippen molar-refractivity contribution in [1.82, 2.24) is 0 Å². The molecule has 0 bridgehead atoms. The van der Waals surface area contributed by atoms with Gasteiger partial charge in [0, 0.05) is 5.56 Å². The molecule has 1 saturated carbocycles. The van der Waals surface area contributed by atoms with Crippen LogP contribution < -0.4 is 0 Å². The minimum absolute atomic E-state index is 0.603. The normalized spacial score (nSPS) is 33.8. The van der Waals surface area contributed by atoms with E-state index in [-0.39, 0.29) is 0 Å². The van der Waals surface area contributed by atoms with Crippen molar-refractivity contribution in [2.75, 3.05) is 0 Å². The summed E-state index contributed by atoms with van der Waals surface area (Å²) in [5.41, 5.74) is 0.344. The van der Waals surface area contributed by atoms with E-state index in [4.69, 9.17) is 4.42 Å². The summed E-state index contributed by atoms with van der Waals surface area (Å²) >= 11 is 0.